The Kier molecular flexibility index (Phi) is 6.83. The van der Waals surface area contributed by atoms with E-state index in [-0.39, 0.29) is 22.8 Å². The summed E-state index contributed by atoms with van der Waals surface area (Å²) in [6.07, 6.45) is 9.93. The predicted molar refractivity (Wildman–Crippen MR) is 103 cm³/mol. The van der Waals surface area contributed by atoms with E-state index in [0.717, 1.165) is 12.8 Å². The van der Waals surface area contributed by atoms with Gasteiger partial charge in [0, 0.05) is 44.0 Å². The van der Waals surface area contributed by atoms with E-state index in [1.807, 2.05) is 0 Å². The van der Waals surface area contributed by atoms with Crippen LogP contribution in [0, 0.1) is 11.8 Å². The second-order valence-electron chi connectivity index (χ2n) is 7.62. The Morgan fingerprint density at radius 2 is 1.93 bits per heavy atom. The molecular weight excluding hydrogens is 364 g/mol. The molecule has 2 heterocycles. The summed E-state index contributed by atoms with van der Waals surface area (Å²) in [6.45, 7) is 1.17. The zero-order chi connectivity index (χ0) is 19.3. The van der Waals surface area contributed by atoms with Gasteiger partial charge < -0.3 is 11.1 Å². The Balaban J connectivity index is 1.54. The molecule has 1 aliphatic carbocycles. The minimum atomic E-state index is -3.54. The molecule has 1 aliphatic heterocycles. The second kappa shape index (κ2) is 9.12. The van der Waals surface area contributed by atoms with Crippen molar-refractivity contribution in [2.75, 3.05) is 19.6 Å². The van der Waals surface area contributed by atoms with Crippen molar-refractivity contribution in [3.8, 4) is 0 Å². The van der Waals surface area contributed by atoms with E-state index in [4.69, 9.17) is 5.73 Å². The van der Waals surface area contributed by atoms with Crippen LogP contribution in [0.5, 0.6) is 0 Å². The van der Waals surface area contributed by atoms with Crippen molar-refractivity contribution in [3.05, 3.63) is 24.5 Å². The SMILES string of the molecule is NCC(NC(=O)C1CCN(S(=O)(=O)c2cccnc2)CC1)C1CCCCC1. The number of piperidine rings is 1. The average molecular weight is 395 g/mol. The summed E-state index contributed by atoms with van der Waals surface area (Å²) in [4.78, 5) is 16.8. The van der Waals surface area contributed by atoms with Crippen molar-refractivity contribution in [2.45, 2.75) is 55.9 Å². The van der Waals surface area contributed by atoms with Gasteiger partial charge in [0.05, 0.1) is 0 Å². The monoisotopic (exact) mass is 394 g/mol. The number of nitrogens with two attached hydrogens (primary N) is 1. The third-order valence-corrected chi connectivity index (χ3v) is 7.78. The quantitative estimate of drug-likeness (QED) is 0.761. The number of pyridine rings is 1. The van der Waals surface area contributed by atoms with E-state index < -0.39 is 10.0 Å². The molecule has 3 N–H and O–H groups in total. The first-order valence-electron chi connectivity index (χ1n) is 9.93. The van der Waals surface area contributed by atoms with Gasteiger partial charge in [0.25, 0.3) is 0 Å². The number of rotatable bonds is 6. The summed E-state index contributed by atoms with van der Waals surface area (Å²) in [5.41, 5.74) is 5.92. The third kappa shape index (κ3) is 4.86. The Morgan fingerprint density at radius 1 is 1.22 bits per heavy atom. The van der Waals surface area contributed by atoms with Crippen LogP contribution in [0.25, 0.3) is 0 Å². The van der Waals surface area contributed by atoms with E-state index >= 15 is 0 Å². The molecule has 0 radical (unpaired) electrons. The van der Waals surface area contributed by atoms with Gasteiger partial charge in [-0.05, 0) is 43.7 Å². The first-order chi connectivity index (χ1) is 13.0. The van der Waals surface area contributed by atoms with Gasteiger partial charge in [0.15, 0.2) is 0 Å². The van der Waals surface area contributed by atoms with Crippen LogP contribution < -0.4 is 11.1 Å². The molecule has 0 bridgehead atoms. The summed E-state index contributed by atoms with van der Waals surface area (Å²) >= 11 is 0. The number of hydrogen-bond donors (Lipinski definition) is 2. The molecule has 2 aliphatic rings. The van der Waals surface area contributed by atoms with Crippen LogP contribution in [0.2, 0.25) is 0 Å². The van der Waals surface area contributed by atoms with E-state index in [1.54, 1.807) is 18.3 Å². The molecule has 1 saturated carbocycles. The number of carbonyl (C=O) groups is 1. The summed E-state index contributed by atoms with van der Waals surface area (Å²) in [5.74, 6) is 0.344. The number of aromatic nitrogens is 1. The molecular formula is C19H30N4O3S. The lowest BCUT2D eigenvalue weighted by molar-refractivity contribution is -0.127. The number of nitrogens with one attached hydrogen (secondary N) is 1. The number of amides is 1. The Morgan fingerprint density at radius 3 is 2.52 bits per heavy atom. The van der Waals surface area contributed by atoms with Crippen molar-refractivity contribution < 1.29 is 13.2 Å². The van der Waals surface area contributed by atoms with E-state index in [2.05, 4.69) is 10.3 Å². The lowest BCUT2D eigenvalue weighted by atomic mass is 9.83. The molecule has 0 spiro atoms. The molecule has 1 aromatic heterocycles. The fourth-order valence-corrected chi connectivity index (χ4v) is 5.65. The van der Waals surface area contributed by atoms with Crippen molar-refractivity contribution in [3.63, 3.8) is 0 Å². The smallest absolute Gasteiger partial charge is 0.244 e. The topological polar surface area (TPSA) is 105 Å². The van der Waals surface area contributed by atoms with Crippen LogP contribution in [-0.4, -0.2) is 49.3 Å². The van der Waals surface area contributed by atoms with Gasteiger partial charge in [0.2, 0.25) is 15.9 Å². The predicted octanol–water partition coefficient (Wildman–Crippen LogP) is 1.51. The average Bonchev–Trinajstić information content (AvgIpc) is 2.73. The highest BCUT2D eigenvalue weighted by atomic mass is 32.2. The zero-order valence-corrected chi connectivity index (χ0v) is 16.5. The number of nitrogens with zero attached hydrogens (tertiary/aromatic N) is 2. The summed E-state index contributed by atoms with van der Waals surface area (Å²) in [5, 5.41) is 3.15. The summed E-state index contributed by atoms with van der Waals surface area (Å²) in [7, 11) is -3.54. The molecule has 3 rings (SSSR count). The lowest BCUT2D eigenvalue weighted by Crippen LogP contribution is -2.50. The van der Waals surface area contributed by atoms with Gasteiger partial charge in [-0.1, -0.05) is 19.3 Å². The molecule has 1 saturated heterocycles. The van der Waals surface area contributed by atoms with Crippen molar-refractivity contribution in [2.24, 2.45) is 17.6 Å². The van der Waals surface area contributed by atoms with Gasteiger partial charge in [-0.2, -0.15) is 4.31 Å². The summed E-state index contributed by atoms with van der Waals surface area (Å²) < 4.78 is 26.8. The normalized spacial score (nSPS) is 21.7. The number of hydrogen-bond acceptors (Lipinski definition) is 5. The maximum absolute atomic E-state index is 12.7. The minimum absolute atomic E-state index is 0.0226. The maximum atomic E-state index is 12.7. The van der Waals surface area contributed by atoms with Crippen molar-refractivity contribution >= 4 is 15.9 Å². The van der Waals surface area contributed by atoms with Gasteiger partial charge in [0.1, 0.15) is 4.90 Å². The van der Waals surface area contributed by atoms with Crippen molar-refractivity contribution in [1.82, 2.24) is 14.6 Å². The fourth-order valence-electron chi connectivity index (χ4n) is 4.21. The number of carbonyl (C=O) groups excluding carboxylic acids is 1. The zero-order valence-electron chi connectivity index (χ0n) is 15.7. The van der Waals surface area contributed by atoms with E-state index in [1.165, 1.54) is 29.8 Å². The molecule has 8 heteroatoms. The third-order valence-electron chi connectivity index (χ3n) is 5.90. The molecule has 150 valence electrons. The first kappa shape index (κ1) is 20.2. The molecule has 1 unspecified atom stereocenters. The van der Waals surface area contributed by atoms with Crippen LogP contribution in [0.3, 0.4) is 0 Å². The maximum Gasteiger partial charge on any atom is 0.244 e. The van der Waals surface area contributed by atoms with Gasteiger partial charge in [-0.15, -0.1) is 0 Å². The van der Waals surface area contributed by atoms with Crippen LogP contribution >= 0.6 is 0 Å². The minimum Gasteiger partial charge on any atom is -0.352 e. The lowest BCUT2D eigenvalue weighted by Gasteiger charge is -2.34. The molecule has 1 amide bonds. The Bertz CT molecular complexity index is 712. The standard InChI is InChI=1S/C19H30N4O3S/c20-13-18(15-5-2-1-3-6-15)22-19(24)16-8-11-23(12-9-16)27(25,26)17-7-4-10-21-14-17/h4,7,10,14-16,18H,1-3,5-6,8-9,11-13,20H2,(H,22,24). The highest BCUT2D eigenvalue weighted by Gasteiger charge is 2.33. The molecule has 7 nitrogen and oxygen atoms in total. The largest absolute Gasteiger partial charge is 0.352 e. The molecule has 1 aromatic rings. The van der Waals surface area contributed by atoms with E-state index in [0.29, 0.717) is 38.4 Å². The molecule has 2 fully saturated rings. The van der Waals surface area contributed by atoms with E-state index in [9.17, 15) is 13.2 Å². The van der Waals surface area contributed by atoms with Gasteiger partial charge in [-0.25, -0.2) is 8.42 Å². The van der Waals surface area contributed by atoms with Crippen LogP contribution in [0.15, 0.2) is 29.4 Å². The van der Waals surface area contributed by atoms with Gasteiger partial charge in [-0.3, -0.25) is 9.78 Å². The van der Waals surface area contributed by atoms with Crippen LogP contribution in [0.4, 0.5) is 0 Å². The Hall–Kier alpha value is -1.51. The van der Waals surface area contributed by atoms with Crippen molar-refractivity contribution in [1.29, 1.82) is 0 Å². The highest BCUT2D eigenvalue weighted by Crippen LogP contribution is 2.27. The first-order valence-corrected chi connectivity index (χ1v) is 11.4. The second-order valence-corrected chi connectivity index (χ2v) is 9.55. The molecule has 0 aromatic carbocycles. The van der Waals surface area contributed by atoms with Crippen LogP contribution in [0.1, 0.15) is 44.9 Å². The molecule has 27 heavy (non-hydrogen) atoms. The van der Waals surface area contributed by atoms with Gasteiger partial charge >= 0.3 is 0 Å². The van der Waals surface area contributed by atoms with Crippen LogP contribution in [-0.2, 0) is 14.8 Å². The highest BCUT2D eigenvalue weighted by molar-refractivity contribution is 7.89. The Labute approximate surface area is 161 Å². The molecule has 1 atom stereocenters. The summed E-state index contributed by atoms with van der Waals surface area (Å²) in [6, 6.07) is 3.21. The fraction of sp³-hybridized carbons (Fsp3) is 0.684. The number of sulfonamides is 1.